The largest absolute Gasteiger partial charge is 0.464 e. The zero-order valence-corrected chi connectivity index (χ0v) is 12.8. The van der Waals surface area contributed by atoms with E-state index in [1.54, 1.807) is 0 Å². The third kappa shape index (κ3) is 7.51. The van der Waals surface area contributed by atoms with Crippen LogP contribution in [0.4, 0.5) is 0 Å². The number of amides is 1. The van der Waals surface area contributed by atoms with Crippen LogP contribution < -0.4 is 5.32 Å². The average Bonchev–Trinajstić information content (AvgIpc) is 2.87. The van der Waals surface area contributed by atoms with Crippen molar-refractivity contribution >= 4 is 11.9 Å². The molecule has 1 rings (SSSR count). The zero-order chi connectivity index (χ0) is 14.6. The zero-order valence-electron chi connectivity index (χ0n) is 12.8. The van der Waals surface area contributed by atoms with Crippen LogP contribution in [0.5, 0.6) is 0 Å². The fourth-order valence-electron chi connectivity index (χ4n) is 2.48. The summed E-state index contributed by atoms with van der Waals surface area (Å²) in [6, 6.07) is -0.402. The van der Waals surface area contributed by atoms with E-state index in [-0.39, 0.29) is 11.9 Å². The molecule has 1 fully saturated rings. The van der Waals surface area contributed by atoms with Gasteiger partial charge in [0.25, 0.3) is 0 Å². The molecule has 0 bridgehead atoms. The van der Waals surface area contributed by atoms with Crippen molar-refractivity contribution < 1.29 is 14.3 Å². The summed E-state index contributed by atoms with van der Waals surface area (Å²) in [4.78, 5) is 22.6. The minimum absolute atomic E-state index is 0.0463. The van der Waals surface area contributed by atoms with Gasteiger partial charge in [-0.25, -0.2) is 4.79 Å². The van der Waals surface area contributed by atoms with Gasteiger partial charge in [-0.05, 0) is 12.8 Å². The Kier molecular flexibility index (Phi) is 9.09. The maximum atomic E-state index is 11.6. The lowest BCUT2D eigenvalue weighted by Gasteiger charge is -2.09. The number of hydrogen-bond donors (Lipinski definition) is 1. The Balaban J connectivity index is 1.85. The van der Waals surface area contributed by atoms with Gasteiger partial charge in [0, 0.05) is 6.42 Å². The molecule has 1 heterocycles. The SMILES string of the molecule is CCCCCCCCCCCOC(=O)[C@H]1CCC(=O)N1. The monoisotopic (exact) mass is 283 g/mol. The van der Waals surface area contributed by atoms with Crippen molar-refractivity contribution in [2.75, 3.05) is 6.61 Å². The maximum absolute atomic E-state index is 11.6. The molecule has 1 N–H and O–H groups in total. The van der Waals surface area contributed by atoms with Crippen molar-refractivity contribution in [2.24, 2.45) is 0 Å². The van der Waals surface area contributed by atoms with E-state index in [4.69, 9.17) is 4.74 Å². The molecule has 0 unspecified atom stereocenters. The van der Waals surface area contributed by atoms with Gasteiger partial charge < -0.3 is 10.1 Å². The minimum atomic E-state index is -0.402. The van der Waals surface area contributed by atoms with Gasteiger partial charge >= 0.3 is 5.97 Å². The summed E-state index contributed by atoms with van der Waals surface area (Å²) in [7, 11) is 0. The van der Waals surface area contributed by atoms with Crippen molar-refractivity contribution in [2.45, 2.75) is 83.6 Å². The molecule has 1 atom stereocenters. The molecule has 0 aromatic rings. The molecule has 1 amide bonds. The highest BCUT2D eigenvalue weighted by atomic mass is 16.5. The fourth-order valence-corrected chi connectivity index (χ4v) is 2.48. The third-order valence-corrected chi connectivity index (χ3v) is 3.77. The van der Waals surface area contributed by atoms with Crippen molar-refractivity contribution in [3.8, 4) is 0 Å². The second kappa shape index (κ2) is 10.7. The van der Waals surface area contributed by atoms with Gasteiger partial charge in [-0.15, -0.1) is 0 Å². The second-order valence-corrected chi connectivity index (χ2v) is 5.65. The quantitative estimate of drug-likeness (QED) is 0.467. The molecule has 0 aromatic carbocycles. The van der Waals surface area contributed by atoms with Crippen molar-refractivity contribution in [1.82, 2.24) is 5.32 Å². The third-order valence-electron chi connectivity index (χ3n) is 3.77. The number of unbranched alkanes of at least 4 members (excludes halogenated alkanes) is 8. The van der Waals surface area contributed by atoms with Gasteiger partial charge in [-0.2, -0.15) is 0 Å². The first-order valence-corrected chi connectivity index (χ1v) is 8.20. The minimum Gasteiger partial charge on any atom is -0.464 e. The highest BCUT2D eigenvalue weighted by molar-refractivity contribution is 5.87. The normalized spacial score (nSPS) is 18.1. The van der Waals surface area contributed by atoms with E-state index in [9.17, 15) is 9.59 Å². The van der Waals surface area contributed by atoms with Crippen molar-refractivity contribution in [1.29, 1.82) is 0 Å². The van der Waals surface area contributed by atoms with Crippen LogP contribution in [0.1, 0.15) is 77.6 Å². The summed E-state index contributed by atoms with van der Waals surface area (Å²) in [6.07, 6.45) is 12.3. The number of carbonyl (C=O) groups is 2. The van der Waals surface area contributed by atoms with Crippen LogP contribution in [0.15, 0.2) is 0 Å². The predicted molar refractivity (Wildman–Crippen MR) is 79.4 cm³/mol. The maximum Gasteiger partial charge on any atom is 0.328 e. The summed E-state index contributed by atoms with van der Waals surface area (Å²) in [5.41, 5.74) is 0. The number of esters is 1. The Bertz CT molecular complexity index is 291. The van der Waals surface area contributed by atoms with Gasteiger partial charge in [0.15, 0.2) is 0 Å². The molecule has 0 aromatic heterocycles. The number of nitrogens with one attached hydrogen (secondary N) is 1. The smallest absolute Gasteiger partial charge is 0.328 e. The highest BCUT2D eigenvalue weighted by Gasteiger charge is 2.28. The van der Waals surface area contributed by atoms with Crippen LogP contribution in [0.25, 0.3) is 0 Å². The molecule has 0 saturated carbocycles. The van der Waals surface area contributed by atoms with Crippen LogP contribution in [0, 0.1) is 0 Å². The average molecular weight is 283 g/mol. The molecule has 116 valence electrons. The molecule has 1 saturated heterocycles. The lowest BCUT2D eigenvalue weighted by Crippen LogP contribution is -2.34. The van der Waals surface area contributed by atoms with Gasteiger partial charge in [-0.1, -0.05) is 58.3 Å². The molecule has 4 heteroatoms. The summed E-state index contributed by atoms with van der Waals surface area (Å²) >= 11 is 0. The van der Waals surface area contributed by atoms with Gasteiger partial charge in [0.05, 0.1) is 6.61 Å². The molecule has 0 radical (unpaired) electrons. The van der Waals surface area contributed by atoms with Gasteiger partial charge in [-0.3, -0.25) is 4.79 Å². The summed E-state index contributed by atoms with van der Waals surface area (Å²) in [5, 5.41) is 2.63. The molecule has 0 aliphatic carbocycles. The topological polar surface area (TPSA) is 55.4 Å². The van der Waals surface area contributed by atoms with Crippen LogP contribution in [0.2, 0.25) is 0 Å². The molecule has 20 heavy (non-hydrogen) atoms. The molecule has 1 aliphatic rings. The fraction of sp³-hybridized carbons (Fsp3) is 0.875. The molecule has 4 nitrogen and oxygen atoms in total. The number of ether oxygens (including phenoxy) is 1. The van der Waals surface area contributed by atoms with Crippen LogP contribution in [-0.4, -0.2) is 24.5 Å². The molecular weight excluding hydrogens is 254 g/mol. The van der Waals surface area contributed by atoms with Gasteiger partial charge in [0.2, 0.25) is 5.91 Å². The number of carbonyl (C=O) groups excluding carboxylic acids is 2. The first kappa shape index (κ1) is 17.0. The summed E-state index contributed by atoms with van der Waals surface area (Å²) in [5.74, 6) is -0.314. The first-order valence-electron chi connectivity index (χ1n) is 8.20. The van der Waals surface area contributed by atoms with Gasteiger partial charge in [0.1, 0.15) is 6.04 Å². The Morgan fingerprint density at radius 3 is 2.25 bits per heavy atom. The second-order valence-electron chi connectivity index (χ2n) is 5.65. The highest BCUT2D eigenvalue weighted by Crippen LogP contribution is 2.11. The Hall–Kier alpha value is -1.06. The number of hydrogen-bond acceptors (Lipinski definition) is 3. The Morgan fingerprint density at radius 1 is 1.10 bits per heavy atom. The standard InChI is InChI=1S/C16H29NO3/c1-2-3-4-5-6-7-8-9-10-13-20-16(19)14-11-12-15(18)17-14/h14H,2-13H2,1H3,(H,17,18)/t14-/m1/s1. The molecule has 0 spiro atoms. The van der Waals surface area contributed by atoms with E-state index in [2.05, 4.69) is 12.2 Å². The summed E-state index contributed by atoms with van der Waals surface area (Å²) < 4.78 is 5.18. The van der Waals surface area contributed by atoms with Crippen LogP contribution in [0.3, 0.4) is 0 Å². The van der Waals surface area contributed by atoms with Crippen molar-refractivity contribution in [3.63, 3.8) is 0 Å². The van der Waals surface area contributed by atoms with E-state index in [1.165, 1.54) is 44.9 Å². The first-order chi connectivity index (χ1) is 9.74. The van der Waals surface area contributed by atoms with E-state index in [0.29, 0.717) is 19.4 Å². The van der Waals surface area contributed by atoms with E-state index in [0.717, 1.165) is 12.8 Å². The van der Waals surface area contributed by atoms with E-state index in [1.807, 2.05) is 0 Å². The van der Waals surface area contributed by atoms with Crippen LogP contribution in [-0.2, 0) is 14.3 Å². The Morgan fingerprint density at radius 2 is 1.70 bits per heavy atom. The van der Waals surface area contributed by atoms with E-state index >= 15 is 0 Å². The van der Waals surface area contributed by atoms with Crippen LogP contribution >= 0.6 is 0 Å². The Labute approximate surface area is 122 Å². The predicted octanol–water partition coefficient (Wildman–Crippen LogP) is 3.34. The van der Waals surface area contributed by atoms with E-state index < -0.39 is 6.04 Å². The molecule has 1 aliphatic heterocycles. The lowest BCUT2D eigenvalue weighted by atomic mass is 10.1. The molecular formula is C16H29NO3. The summed E-state index contributed by atoms with van der Waals surface area (Å²) in [6.45, 7) is 2.72. The van der Waals surface area contributed by atoms with Crippen molar-refractivity contribution in [3.05, 3.63) is 0 Å². The number of rotatable bonds is 11. The lowest BCUT2D eigenvalue weighted by molar-refractivity contribution is -0.146.